The van der Waals surface area contributed by atoms with Gasteiger partial charge in [0.1, 0.15) is 0 Å². The van der Waals surface area contributed by atoms with Gasteiger partial charge in [-0.15, -0.1) is 0 Å². The van der Waals surface area contributed by atoms with Crippen LogP contribution in [0.3, 0.4) is 0 Å². The highest BCUT2D eigenvalue weighted by atomic mass is 16.1. The van der Waals surface area contributed by atoms with Crippen molar-refractivity contribution in [1.82, 2.24) is 15.6 Å². The fourth-order valence-electron chi connectivity index (χ4n) is 2.25. The highest BCUT2D eigenvalue weighted by molar-refractivity contribution is 5.95. The highest BCUT2D eigenvalue weighted by Crippen LogP contribution is 2.10. The van der Waals surface area contributed by atoms with E-state index in [1.54, 1.807) is 12.3 Å². The van der Waals surface area contributed by atoms with E-state index in [0.29, 0.717) is 11.6 Å². The lowest BCUT2D eigenvalue weighted by atomic mass is 10.00. The molecule has 2 N–H and O–H groups in total. The number of hydrogen-bond acceptors (Lipinski definition) is 3. The predicted octanol–water partition coefficient (Wildman–Crippen LogP) is 1.26. The van der Waals surface area contributed by atoms with Crippen LogP contribution in [-0.4, -0.2) is 29.5 Å². The summed E-state index contributed by atoms with van der Waals surface area (Å²) in [4.78, 5) is 16.2. The van der Waals surface area contributed by atoms with Gasteiger partial charge in [-0.25, -0.2) is 0 Å². The molecule has 1 aliphatic heterocycles. The molecule has 0 aromatic carbocycles. The third kappa shape index (κ3) is 3.03. The van der Waals surface area contributed by atoms with Gasteiger partial charge in [0, 0.05) is 24.0 Å². The molecule has 4 nitrogen and oxygen atoms in total. The lowest BCUT2D eigenvalue weighted by Gasteiger charge is -2.28. The molecule has 1 aromatic heterocycles. The number of aryl methyl sites for hydroxylation is 1. The van der Waals surface area contributed by atoms with E-state index < -0.39 is 0 Å². The molecule has 2 heterocycles. The Kier molecular flexibility index (Phi) is 3.74. The minimum atomic E-state index is -0.00491. The molecule has 1 aromatic rings. The van der Waals surface area contributed by atoms with E-state index >= 15 is 0 Å². The van der Waals surface area contributed by atoms with Crippen LogP contribution in [-0.2, 0) is 0 Å². The minimum absolute atomic E-state index is 0.00491. The molecule has 2 atom stereocenters. The Labute approximate surface area is 102 Å². The van der Waals surface area contributed by atoms with Crippen LogP contribution in [0.15, 0.2) is 18.3 Å². The Morgan fingerprint density at radius 3 is 3.12 bits per heavy atom. The van der Waals surface area contributed by atoms with Gasteiger partial charge in [-0.2, -0.15) is 0 Å². The maximum atomic E-state index is 12.1. The number of rotatable bonds is 2. The topological polar surface area (TPSA) is 54.0 Å². The Hall–Kier alpha value is -1.42. The number of piperidine rings is 1. The third-order valence-electron chi connectivity index (χ3n) is 3.21. The molecular weight excluding hydrogens is 214 g/mol. The van der Waals surface area contributed by atoms with Crippen molar-refractivity contribution in [2.75, 3.05) is 6.54 Å². The van der Waals surface area contributed by atoms with Gasteiger partial charge in [-0.05, 0) is 45.4 Å². The number of aromatic nitrogens is 1. The first-order chi connectivity index (χ1) is 8.16. The summed E-state index contributed by atoms with van der Waals surface area (Å²) in [7, 11) is 0. The zero-order chi connectivity index (χ0) is 12.3. The molecule has 1 saturated heterocycles. The summed E-state index contributed by atoms with van der Waals surface area (Å²) in [5.41, 5.74) is 1.46. The molecule has 0 spiro atoms. The third-order valence-corrected chi connectivity index (χ3v) is 3.21. The summed E-state index contributed by atoms with van der Waals surface area (Å²) in [5, 5.41) is 6.46. The molecule has 4 heteroatoms. The van der Waals surface area contributed by atoms with Crippen LogP contribution in [0.4, 0.5) is 0 Å². The van der Waals surface area contributed by atoms with Crippen molar-refractivity contribution < 1.29 is 4.79 Å². The largest absolute Gasteiger partial charge is 0.349 e. The summed E-state index contributed by atoms with van der Waals surface area (Å²) in [6.07, 6.45) is 3.69. The fraction of sp³-hybridized carbons (Fsp3) is 0.538. The average Bonchev–Trinajstić information content (AvgIpc) is 2.29. The molecule has 1 aliphatic rings. The zero-order valence-electron chi connectivity index (χ0n) is 10.4. The monoisotopic (exact) mass is 233 g/mol. The van der Waals surface area contributed by atoms with Crippen LogP contribution in [0, 0.1) is 6.92 Å². The molecule has 0 aliphatic carbocycles. The quantitative estimate of drug-likeness (QED) is 0.808. The van der Waals surface area contributed by atoms with Crippen molar-refractivity contribution in [3.8, 4) is 0 Å². The van der Waals surface area contributed by atoms with Gasteiger partial charge >= 0.3 is 0 Å². The van der Waals surface area contributed by atoms with E-state index in [9.17, 15) is 4.79 Å². The summed E-state index contributed by atoms with van der Waals surface area (Å²) in [6.45, 7) is 4.98. The SMILES string of the molecule is Cc1ncccc1C(=O)NC1CCNC(C)C1. The molecular formula is C13H19N3O. The van der Waals surface area contributed by atoms with Crippen LogP contribution in [0.25, 0.3) is 0 Å². The maximum absolute atomic E-state index is 12.1. The molecule has 2 rings (SSSR count). The molecule has 1 fully saturated rings. The number of carbonyl (C=O) groups is 1. The summed E-state index contributed by atoms with van der Waals surface area (Å²) >= 11 is 0. The van der Waals surface area contributed by atoms with Gasteiger partial charge < -0.3 is 10.6 Å². The molecule has 17 heavy (non-hydrogen) atoms. The van der Waals surface area contributed by atoms with Gasteiger partial charge in [0.15, 0.2) is 0 Å². The predicted molar refractivity (Wildman–Crippen MR) is 66.9 cm³/mol. The first kappa shape index (κ1) is 12.0. The molecule has 2 unspecified atom stereocenters. The van der Waals surface area contributed by atoms with Crippen LogP contribution in [0.2, 0.25) is 0 Å². The number of hydrogen-bond donors (Lipinski definition) is 2. The average molecular weight is 233 g/mol. The lowest BCUT2D eigenvalue weighted by Crippen LogP contribution is -2.46. The Bertz CT molecular complexity index is 405. The molecule has 1 amide bonds. The Morgan fingerprint density at radius 1 is 1.59 bits per heavy atom. The highest BCUT2D eigenvalue weighted by Gasteiger charge is 2.21. The van der Waals surface area contributed by atoms with Gasteiger partial charge in [0.25, 0.3) is 5.91 Å². The van der Waals surface area contributed by atoms with Crippen LogP contribution < -0.4 is 10.6 Å². The Balaban J connectivity index is 1.99. The van der Waals surface area contributed by atoms with E-state index in [1.807, 2.05) is 13.0 Å². The number of nitrogens with zero attached hydrogens (tertiary/aromatic N) is 1. The first-order valence-corrected chi connectivity index (χ1v) is 6.12. The minimum Gasteiger partial charge on any atom is -0.349 e. The number of amides is 1. The molecule has 0 radical (unpaired) electrons. The maximum Gasteiger partial charge on any atom is 0.253 e. The van der Waals surface area contributed by atoms with E-state index in [4.69, 9.17) is 0 Å². The van der Waals surface area contributed by atoms with Crippen molar-refractivity contribution in [1.29, 1.82) is 0 Å². The fourth-order valence-corrected chi connectivity index (χ4v) is 2.25. The molecule has 92 valence electrons. The summed E-state index contributed by atoms with van der Waals surface area (Å²) in [5.74, 6) is -0.00491. The van der Waals surface area contributed by atoms with Crippen LogP contribution in [0.1, 0.15) is 35.8 Å². The van der Waals surface area contributed by atoms with Crippen LogP contribution in [0.5, 0.6) is 0 Å². The second-order valence-electron chi connectivity index (χ2n) is 4.69. The molecule has 0 bridgehead atoms. The second-order valence-corrected chi connectivity index (χ2v) is 4.69. The van der Waals surface area contributed by atoms with Gasteiger partial charge in [-0.3, -0.25) is 9.78 Å². The summed E-state index contributed by atoms with van der Waals surface area (Å²) < 4.78 is 0. The van der Waals surface area contributed by atoms with Gasteiger partial charge in [-0.1, -0.05) is 0 Å². The standard InChI is InChI=1S/C13H19N3O/c1-9-8-11(5-7-14-9)16-13(17)12-4-3-6-15-10(12)2/h3-4,6,9,11,14H,5,7-8H2,1-2H3,(H,16,17). The van der Waals surface area contributed by atoms with E-state index in [0.717, 1.165) is 25.1 Å². The van der Waals surface area contributed by atoms with Gasteiger partial charge in [0.2, 0.25) is 0 Å². The number of nitrogens with one attached hydrogen (secondary N) is 2. The Morgan fingerprint density at radius 2 is 2.41 bits per heavy atom. The summed E-state index contributed by atoms with van der Waals surface area (Å²) in [6, 6.07) is 4.37. The van der Waals surface area contributed by atoms with Gasteiger partial charge in [0.05, 0.1) is 5.56 Å². The normalized spacial score (nSPS) is 24.4. The van der Waals surface area contributed by atoms with E-state index in [-0.39, 0.29) is 11.9 Å². The van der Waals surface area contributed by atoms with Crippen molar-refractivity contribution in [2.24, 2.45) is 0 Å². The molecule has 0 saturated carbocycles. The van der Waals surface area contributed by atoms with Crippen molar-refractivity contribution in [2.45, 2.75) is 38.8 Å². The second kappa shape index (κ2) is 5.27. The van der Waals surface area contributed by atoms with Crippen molar-refractivity contribution in [3.63, 3.8) is 0 Å². The van der Waals surface area contributed by atoms with Crippen molar-refractivity contribution >= 4 is 5.91 Å². The van der Waals surface area contributed by atoms with E-state index in [1.165, 1.54) is 0 Å². The zero-order valence-corrected chi connectivity index (χ0v) is 10.4. The smallest absolute Gasteiger partial charge is 0.253 e. The number of pyridine rings is 1. The lowest BCUT2D eigenvalue weighted by molar-refractivity contribution is 0.0924. The van der Waals surface area contributed by atoms with Crippen molar-refractivity contribution in [3.05, 3.63) is 29.6 Å². The first-order valence-electron chi connectivity index (χ1n) is 6.12. The van der Waals surface area contributed by atoms with Crippen LogP contribution >= 0.6 is 0 Å². The van der Waals surface area contributed by atoms with E-state index in [2.05, 4.69) is 22.5 Å². The number of carbonyl (C=O) groups excluding carboxylic acids is 1.